The SMILES string of the molecule is COc1ccc(C[NH2+]CC[C@@H](c2ccc(OC(C)C)cc2)C(C)C)cc1. The van der Waals surface area contributed by atoms with E-state index in [0.29, 0.717) is 11.8 Å². The molecule has 3 heteroatoms. The number of methoxy groups -OCH3 is 1. The Balaban J connectivity index is 1.85. The normalized spacial score (nSPS) is 12.4. The Kier molecular flexibility index (Phi) is 7.99. The van der Waals surface area contributed by atoms with Crippen molar-refractivity contribution in [3.63, 3.8) is 0 Å². The molecule has 0 saturated carbocycles. The second-order valence-electron chi connectivity index (χ2n) is 7.50. The second-order valence-corrected chi connectivity index (χ2v) is 7.50. The van der Waals surface area contributed by atoms with E-state index >= 15 is 0 Å². The Hall–Kier alpha value is -2.00. The third-order valence-electron chi connectivity index (χ3n) is 4.71. The van der Waals surface area contributed by atoms with Gasteiger partial charge in [0.05, 0.1) is 19.8 Å². The first-order chi connectivity index (χ1) is 12.5. The van der Waals surface area contributed by atoms with Gasteiger partial charge in [-0.3, -0.25) is 0 Å². The van der Waals surface area contributed by atoms with Gasteiger partial charge in [0, 0.05) is 12.0 Å². The Morgan fingerprint density at radius 2 is 1.46 bits per heavy atom. The highest BCUT2D eigenvalue weighted by molar-refractivity contribution is 5.30. The molecule has 2 rings (SSSR count). The third-order valence-corrected chi connectivity index (χ3v) is 4.71. The molecular weight excluding hydrogens is 322 g/mol. The molecule has 0 heterocycles. The summed E-state index contributed by atoms with van der Waals surface area (Å²) in [6.07, 6.45) is 1.40. The molecule has 0 unspecified atom stereocenters. The Bertz CT molecular complexity index is 632. The zero-order valence-electron chi connectivity index (χ0n) is 16.9. The van der Waals surface area contributed by atoms with Gasteiger partial charge in [-0.2, -0.15) is 0 Å². The largest absolute Gasteiger partial charge is 0.497 e. The molecule has 2 N–H and O–H groups in total. The van der Waals surface area contributed by atoms with E-state index in [1.165, 1.54) is 17.5 Å². The summed E-state index contributed by atoms with van der Waals surface area (Å²) >= 11 is 0. The lowest BCUT2D eigenvalue weighted by Crippen LogP contribution is -2.82. The summed E-state index contributed by atoms with van der Waals surface area (Å²) in [7, 11) is 1.70. The lowest BCUT2D eigenvalue weighted by atomic mass is 9.86. The van der Waals surface area contributed by atoms with Crippen LogP contribution in [0.2, 0.25) is 0 Å². The smallest absolute Gasteiger partial charge is 0.119 e. The van der Waals surface area contributed by atoms with Gasteiger partial charge in [0.25, 0.3) is 0 Å². The summed E-state index contributed by atoms with van der Waals surface area (Å²) in [5.74, 6) is 3.08. The van der Waals surface area contributed by atoms with Crippen LogP contribution in [-0.4, -0.2) is 19.8 Å². The molecule has 0 fully saturated rings. The Labute approximate surface area is 158 Å². The van der Waals surface area contributed by atoms with E-state index in [1.807, 2.05) is 12.1 Å². The lowest BCUT2D eigenvalue weighted by Gasteiger charge is -2.21. The number of ether oxygens (including phenoxy) is 2. The van der Waals surface area contributed by atoms with Gasteiger partial charge < -0.3 is 14.8 Å². The van der Waals surface area contributed by atoms with Gasteiger partial charge in [-0.15, -0.1) is 0 Å². The van der Waals surface area contributed by atoms with Crippen molar-refractivity contribution in [2.45, 2.75) is 52.7 Å². The van der Waals surface area contributed by atoms with E-state index in [-0.39, 0.29) is 6.10 Å². The fourth-order valence-corrected chi connectivity index (χ4v) is 3.28. The molecule has 26 heavy (non-hydrogen) atoms. The maximum absolute atomic E-state index is 5.76. The van der Waals surface area contributed by atoms with Crippen molar-refractivity contribution in [1.29, 1.82) is 0 Å². The van der Waals surface area contributed by atoms with Crippen LogP contribution in [0.3, 0.4) is 0 Å². The molecule has 0 saturated heterocycles. The molecule has 0 aliphatic carbocycles. The summed E-state index contributed by atoms with van der Waals surface area (Å²) < 4.78 is 11.0. The first-order valence-corrected chi connectivity index (χ1v) is 9.70. The van der Waals surface area contributed by atoms with Crippen molar-refractivity contribution in [3.05, 3.63) is 59.7 Å². The van der Waals surface area contributed by atoms with Gasteiger partial charge in [-0.25, -0.2) is 0 Å². The van der Waals surface area contributed by atoms with Crippen LogP contribution >= 0.6 is 0 Å². The van der Waals surface area contributed by atoms with Crippen LogP contribution in [0.4, 0.5) is 0 Å². The highest BCUT2D eigenvalue weighted by Crippen LogP contribution is 2.28. The molecule has 0 aromatic heterocycles. The van der Waals surface area contributed by atoms with Crippen LogP contribution in [0, 0.1) is 5.92 Å². The first-order valence-electron chi connectivity index (χ1n) is 9.70. The van der Waals surface area contributed by atoms with E-state index in [0.717, 1.165) is 24.6 Å². The molecule has 0 aliphatic rings. The predicted molar refractivity (Wildman–Crippen MR) is 108 cm³/mol. The van der Waals surface area contributed by atoms with Crippen LogP contribution in [0.1, 0.15) is 51.2 Å². The zero-order valence-corrected chi connectivity index (χ0v) is 16.9. The number of benzene rings is 2. The van der Waals surface area contributed by atoms with Crippen molar-refractivity contribution in [3.8, 4) is 11.5 Å². The van der Waals surface area contributed by atoms with E-state index < -0.39 is 0 Å². The monoisotopic (exact) mass is 356 g/mol. The van der Waals surface area contributed by atoms with Crippen molar-refractivity contribution < 1.29 is 14.8 Å². The summed E-state index contributed by atoms with van der Waals surface area (Å²) in [6, 6.07) is 17.0. The van der Waals surface area contributed by atoms with E-state index in [1.54, 1.807) is 7.11 Å². The summed E-state index contributed by atoms with van der Waals surface area (Å²) in [4.78, 5) is 0. The lowest BCUT2D eigenvalue weighted by molar-refractivity contribution is -0.671. The van der Waals surface area contributed by atoms with Gasteiger partial charge in [0.1, 0.15) is 18.0 Å². The van der Waals surface area contributed by atoms with Crippen LogP contribution in [0.5, 0.6) is 11.5 Å². The minimum Gasteiger partial charge on any atom is -0.497 e. The second kappa shape index (κ2) is 10.2. The topological polar surface area (TPSA) is 35.1 Å². The molecule has 0 radical (unpaired) electrons. The minimum atomic E-state index is 0.217. The standard InChI is InChI=1S/C23H33NO2/c1-17(2)23(20-8-12-22(13-9-20)26-18(3)4)14-15-24-16-19-6-10-21(25-5)11-7-19/h6-13,17-18,23-24H,14-16H2,1-5H3/p+1/t23-/m1/s1. The van der Waals surface area contributed by atoms with Gasteiger partial charge in [-0.1, -0.05) is 26.0 Å². The van der Waals surface area contributed by atoms with Crippen molar-refractivity contribution in [2.75, 3.05) is 13.7 Å². The van der Waals surface area contributed by atoms with E-state index in [2.05, 4.69) is 69.4 Å². The molecular formula is C23H34NO2+. The molecule has 0 bridgehead atoms. The number of nitrogens with two attached hydrogens (primary N) is 1. The summed E-state index contributed by atoms with van der Waals surface area (Å²) in [5, 5.41) is 2.40. The van der Waals surface area contributed by atoms with Crippen molar-refractivity contribution in [2.24, 2.45) is 5.92 Å². The fraction of sp³-hybridized carbons (Fsp3) is 0.478. The van der Waals surface area contributed by atoms with Crippen LogP contribution in [0.15, 0.2) is 48.5 Å². The summed E-state index contributed by atoms with van der Waals surface area (Å²) in [6.45, 7) is 10.9. The van der Waals surface area contributed by atoms with Crippen molar-refractivity contribution in [1.82, 2.24) is 0 Å². The van der Waals surface area contributed by atoms with Crippen LogP contribution in [-0.2, 0) is 6.54 Å². The quantitative estimate of drug-likeness (QED) is 0.641. The molecule has 142 valence electrons. The number of quaternary nitrogens is 1. The minimum absolute atomic E-state index is 0.217. The molecule has 0 aliphatic heterocycles. The maximum Gasteiger partial charge on any atom is 0.119 e. The molecule has 3 nitrogen and oxygen atoms in total. The Morgan fingerprint density at radius 1 is 0.846 bits per heavy atom. The molecule has 0 spiro atoms. The first kappa shape index (κ1) is 20.3. The maximum atomic E-state index is 5.76. The van der Waals surface area contributed by atoms with Gasteiger partial charge in [-0.05, 0) is 67.6 Å². The highest BCUT2D eigenvalue weighted by Gasteiger charge is 2.16. The molecule has 1 atom stereocenters. The van der Waals surface area contributed by atoms with Gasteiger partial charge >= 0.3 is 0 Å². The molecule has 2 aromatic carbocycles. The highest BCUT2D eigenvalue weighted by atomic mass is 16.5. The predicted octanol–water partition coefficient (Wildman–Crippen LogP) is 4.38. The molecule has 2 aromatic rings. The van der Waals surface area contributed by atoms with Crippen molar-refractivity contribution >= 4 is 0 Å². The summed E-state index contributed by atoms with van der Waals surface area (Å²) in [5.41, 5.74) is 2.75. The number of hydrogen-bond donors (Lipinski definition) is 1. The van der Waals surface area contributed by atoms with E-state index in [9.17, 15) is 0 Å². The molecule has 0 amide bonds. The van der Waals surface area contributed by atoms with E-state index in [4.69, 9.17) is 9.47 Å². The fourth-order valence-electron chi connectivity index (χ4n) is 3.28. The van der Waals surface area contributed by atoms with Crippen LogP contribution in [0.25, 0.3) is 0 Å². The van der Waals surface area contributed by atoms with Crippen LogP contribution < -0.4 is 14.8 Å². The average molecular weight is 357 g/mol. The van der Waals surface area contributed by atoms with Gasteiger partial charge in [0.15, 0.2) is 0 Å². The third kappa shape index (κ3) is 6.38. The zero-order chi connectivity index (χ0) is 18.9. The average Bonchev–Trinajstić information content (AvgIpc) is 2.62. The van der Waals surface area contributed by atoms with Gasteiger partial charge in [0.2, 0.25) is 0 Å². The number of rotatable bonds is 10. The Morgan fingerprint density at radius 3 is 2.00 bits per heavy atom. The number of hydrogen-bond acceptors (Lipinski definition) is 2.